The average molecular weight is 381 g/mol. The Bertz CT molecular complexity index is 908. The molecule has 25 heavy (non-hydrogen) atoms. The molecule has 13 heteroatoms. The zero-order valence-corrected chi connectivity index (χ0v) is 13.8. The lowest BCUT2D eigenvalue weighted by Gasteiger charge is -2.30. The first-order valence-corrected chi connectivity index (χ1v) is 8.68. The second-order valence-corrected chi connectivity index (χ2v) is 7.54. The van der Waals surface area contributed by atoms with E-state index in [0.29, 0.717) is 4.57 Å². The Morgan fingerprint density at radius 3 is 2.40 bits per heavy atom. The maximum Gasteiger partial charge on any atom is 0.451 e. The molecule has 138 valence electrons. The largest absolute Gasteiger partial charge is 0.451 e. The van der Waals surface area contributed by atoms with Crippen molar-refractivity contribution in [2.75, 3.05) is 13.1 Å². The first kappa shape index (κ1) is 17.7. The van der Waals surface area contributed by atoms with Crippen molar-refractivity contribution in [2.24, 2.45) is 7.05 Å². The van der Waals surface area contributed by atoms with E-state index in [9.17, 15) is 26.4 Å². The molecule has 0 unspecified atom stereocenters. The highest BCUT2D eigenvalue weighted by Crippen LogP contribution is 2.29. The molecule has 0 aliphatic carbocycles. The molecule has 3 rings (SSSR count). The number of aromatic nitrogens is 4. The maximum absolute atomic E-state index is 12.8. The zero-order valence-electron chi connectivity index (χ0n) is 13.0. The summed E-state index contributed by atoms with van der Waals surface area (Å²) >= 11 is 0. The second-order valence-electron chi connectivity index (χ2n) is 5.60. The van der Waals surface area contributed by atoms with Gasteiger partial charge in [-0.25, -0.2) is 17.9 Å². The summed E-state index contributed by atoms with van der Waals surface area (Å²) in [5.41, 5.74) is -0.882. The van der Waals surface area contributed by atoms with Gasteiger partial charge in [-0.2, -0.15) is 17.5 Å². The van der Waals surface area contributed by atoms with E-state index < -0.39 is 33.8 Å². The normalized spacial score (nSPS) is 17.9. The lowest BCUT2D eigenvalue weighted by atomic mass is 10.1. The smallest absolute Gasteiger partial charge is 0.363 e. The van der Waals surface area contributed by atoms with Gasteiger partial charge in [-0.1, -0.05) is 5.16 Å². The molecule has 3 heterocycles. The maximum atomic E-state index is 12.8. The van der Waals surface area contributed by atoms with Gasteiger partial charge >= 0.3 is 11.9 Å². The van der Waals surface area contributed by atoms with Gasteiger partial charge < -0.3 is 4.52 Å². The predicted octanol–water partition coefficient (Wildman–Crippen LogP) is 0.614. The molecule has 2 aromatic rings. The van der Waals surface area contributed by atoms with Crippen LogP contribution in [0.2, 0.25) is 0 Å². The highest BCUT2D eigenvalue weighted by Gasteiger charge is 2.39. The van der Waals surface area contributed by atoms with Crippen LogP contribution < -0.4 is 5.69 Å². The van der Waals surface area contributed by atoms with Crippen LogP contribution >= 0.6 is 0 Å². The monoisotopic (exact) mass is 381 g/mol. The lowest BCUT2D eigenvalue weighted by Crippen LogP contribution is -2.41. The van der Waals surface area contributed by atoms with Gasteiger partial charge in [0, 0.05) is 20.1 Å². The molecular formula is C12H14F3N5O4S. The van der Waals surface area contributed by atoms with Crippen LogP contribution in [0, 0.1) is 0 Å². The van der Waals surface area contributed by atoms with Gasteiger partial charge in [-0.05, 0) is 12.8 Å². The minimum absolute atomic E-state index is 0.0442. The fraction of sp³-hybridized carbons (Fsp3) is 0.583. The van der Waals surface area contributed by atoms with Crippen molar-refractivity contribution in [3.05, 3.63) is 28.8 Å². The van der Waals surface area contributed by atoms with Crippen LogP contribution in [0.1, 0.15) is 24.7 Å². The predicted molar refractivity (Wildman–Crippen MR) is 76.0 cm³/mol. The van der Waals surface area contributed by atoms with Crippen LogP contribution in [-0.2, 0) is 23.2 Å². The minimum atomic E-state index is -4.74. The van der Waals surface area contributed by atoms with Gasteiger partial charge in [0.15, 0.2) is 0 Å². The van der Waals surface area contributed by atoms with Crippen LogP contribution in [-0.4, -0.2) is 45.3 Å². The Hall–Kier alpha value is -2.15. The Kier molecular flexibility index (Phi) is 4.23. The molecule has 1 fully saturated rings. The fourth-order valence-corrected chi connectivity index (χ4v) is 4.07. The molecule has 0 spiro atoms. The van der Waals surface area contributed by atoms with Crippen LogP contribution in [0.3, 0.4) is 0 Å². The van der Waals surface area contributed by atoms with Gasteiger partial charge in [0.25, 0.3) is 0 Å². The van der Waals surface area contributed by atoms with E-state index >= 15 is 0 Å². The van der Waals surface area contributed by atoms with Crippen molar-refractivity contribution in [1.82, 2.24) is 23.8 Å². The summed E-state index contributed by atoms with van der Waals surface area (Å²) in [6.07, 6.45) is -2.34. The lowest BCUT2D eigenvalue weighted by molar-refractivity contribution is -0.147. The molecule has 1 aliphatic rings. The van der Waals surface area contributed by atoms with Crippen molar-refractivity contribution in [2.45, 2.75) is 30.0 Å². The summed E-state index contributed by atoms with van der Waals surface area (Å²) in [6, 6.07) is -0.608. The standard InChI is InChI=1S/C12H14F3N5O4S/c1-18-10(12(13,14)15)17-20(11(18)21)8-2-4-19(5-3-8)25(22,23)9-6-16-24-7-9/h6-8H,2-5H2,1H3. The van der Waals surface area contributed by atoms with E-state index in [4.69, 9.17) is 0 Å². The molecule has 0 amide bonds. The molecule has 2 aromatic heterocycles. The molecule has 0 aromatic carbocycles. The van der Waals surface area contributed by atoms with E-state index in [-0.39, 0.29) is 30.8 Å². The van der Waals surface area contributed by atoms with Gasteiger partial charge in [0.05, 0.1) is 12.2 Å². The summed E-state index contributed by atoms with van der Waals surface area (Å²) in [5, 5.41) is 6.74. The van der Waals surface area contributed by atoms with Crippen molar-refractivity contribution >= 4 is 10.0 Å². The number of alkyl halides is 3. The van der Waals surface area contributed by atoms with Gasteiger partial charge in [0.1, 0.15) is 11.2 Å². The van der Waals surface area contributed by atoms with E-state index in [2.05, 4.69) is 14.8 Å². The number of halogens is 3. The number of sulfonamides is 1. The number of piperidine rings is 1. The van der Waals surface area contributed by atoms with Crippen LogP contribution in [0.5, 0.6) is 0 Å². The quantitative estimate of drug-likeness (QED) is 0.772. The fourth-order valence-electron chi connectivity index (χ4n) is 2.74. The summed E-state index contributed by atoms with van der Waals surface area (Å²) in [5.74, 6) is -1.28. The van der Waals surface area contributed by atoms with Gasteiger partial charge in [-0.15, -0.1) is 5.10 Å². The third kappa shape index (κ3) is 3.08. The molecule has 9 nitrogen and oxygen atoms in total. The topological polar surface area (TPSA) is 103 Å². The second kappa shape index (κ2) is 5.98. The average Bonchev–Trinajstić information content (AvgIpc) is 3.17. The highest BCUT2D eigenvalue weighted by atomic mass is 32.2. The Labute approximate surface area is 139 Å². The molecule has 0 N–H and O–H groups in total. The first-order chi connectivity index (χ1) is 11.6. The minimum Gasteiger partial charge on any atom is -0.363 e. The van der Waals surface area contributed by atoms with Crippen molar-refractivity contribution in [3.8, 4) is 0 Å². The molecule has 0 bridgehead atoms. The number of hydrogen-bond acceptors (Lipinski definition) is 6. The summed E-state index contributed by atoms with van der Waals surface area (Å²) in [7, 11) is -2.78. The summed E-state index contributed by atoms with van der Waals surface area (Å²) in [6.45, 7) is 0.0884. The van der Waals surface area contributed by atoms with Gasteiger partial charge in [0.2, 0.25) is 15.8 Å². The Morgan fingerprint density at radius 2 is 1.92 bits per heavy atom. The SMILES string of the molecule is Cn1c(C(F)(F)F)nn(C2CCN(S(=O)(=O)c3cnoc3)CC2)c1=O. The van der Waals surface area contributed by atoms with Crippen molar-refractivity contribution in [3.63, 3.8) is 0 Å². The van der Waals surface area contributed by atoms with Gasteiger partial charge in [-0.3, -0.25) is 4.57 Å². The van der Waals surface area contributed by atoms with Crippen LogP contribution in [0.15, 0.2) is 26.7 Å². The van der Waals surface area contributed by atoms with E-state index in [0.717, 1.165) is 24.2 Å². The Morgan fingerprint density at radius 1 is 1.28 bits per heavy atom. The first-order valence-electron chi connectivity index (χ1n) is 7.24. The molecule has 0 radical (unpaired) electrons. The van der Waals surface area contributed by atoms with E-state index in [1.165, 1.54) is 4.31 Å². The zero-order chi connectivity index (χ0) is 18.4. The number of rotatable bonds is 3. The van der Waals surface area contributed by atoms with Crippen molar-refractivity contribution in [1.29, 1.82) is 0 Å². The number of nitrogens with zero attached hydrogens (tertiary/aromatic N) is 5. The third-order valence-corrected chi connectivity index (χ3v) is 5.92. The highest BCUT2D eigenvalue weighted by molar-refractivity contribution is 7.89. The molecule has 0 atom stereocenters. The summed E-state index contributed by atoms with van der Waals surface area (Å²) in [4.78, 5) is 11.9. The third-order valence-electron chi connectivity index (χ3n) is 4.07. The van der Waals surface area contributed by atoms with Crippen molar-refractivity contribution < 1.29 is 26.1 Å². The summed E-state index contributed by atoms with van der Waals surface area (Å²) < 4.78 is 70.1. The molecule has 1 aliphatic heterocycles. The molecule has 1 saturated heterocycles. The van der Waals surface area contributed by atoms with Crippen LogP contribution in [0.25, 0.3) is 0 Å². The van der Waals surface area contributed by atoms with E-state index in [1.54, 1.807) is 0 Å². The molecular weight excluding hydrogens is 367 g/mol. The number of hydrogen-bond donors (Lipinski definition) is 0. The molecule has 0 saturated carbocycles. The van der Waals surface area contributed by atoms with Crippen LogP contribution in [0.4, 0.5) is 13.2 Å². The van der Waals surface area contributed by atoms with E-state index in [1.807, 2.05) is 0 Å². The Balaban J connectivity index is 1.79.